The number of thiazole rings is 1. The highest BCUT2D eigenvalue weighted by Crippen LogP contribution is 2.39. The standard InChI is InChI=1S/C10H10F3N3OS2/c1-9(2,10(11,12)13)7-15-5(17)4-6(16-7)19-8(14-4)18-3/h1-3H3,(H,15,16,17). The van der Waals surface area contributed by atoms with Crippen molar-refractivity contribution < 1.29 is 13.2 Å². The minimum Gasteiger partial charge on any atom is -0.308 e. The molecule has 0 aromatic carbocycles. The molecule has 4 nitrogen and oxygen atoms in total. The molecule has 19 heavy (non-hydrogen) atoms. The van der Waals surface area contributed by atoms with Crippen LogP contribution in [0.2, 0.25) is 0 Å². The third kappa shape index (κ3) is 2.36. The Morgan fingerprint density at radius 2 is 1.89 bits per heavy atom. The molecule has 104 valence electrons. The van der Waals surface area contributed by atoms with Crippen molar-refractivity contribution in [3.8, 4) is 0 Å². The quantitative estimate of drug-likeness (QED) is 0.867. The molecular weight excluding hydrogens is 299 g/mol. The van der Waals surface area contributed by atoms with E-state index in [2.05, 4.69) is 15.0 Å². The van der Waals surface area contributed by atoms with Gasteiger partial charge in [-0.15, -0.1) is 0 Å². The SMILES string of the molecule is CSc1nc2c(=O)[nH]c(C(C)(C)C(F)(F)F)nc2s1. The first kappa shape index (κ1) is 14.3. The lowest BCUT2D eigenvalue weighted by Gasteiger charge is -2.26. The fraction of sp³-hybridized carbons (Fsp3) is 0.500. The maximum atomic E-state index is 12.9. The van der Waals surface area contributed by atoms with Crippen molar-refractivity contribution in [3.05, 3.63) is 16.2 Å². The number of alkyl halides is 3. The number of rotatable bonds is 2. The number of H-pyrrole nitrogens is 1. The lowest BCUT2D eigenvalue weighted by molar-refractivity contribution is -0.182. The number of aromatic nitrogens is 3. The summed E-state index contributed by atoms with van der Waals surface area (Å²) in [6.45, 7) is 1.96. The molecule has 0 aliphatic carbocycles. The van der Waals surface area contributed by atoms with Gasteiger partial charge >= 0.3 is 6.18 Å². The fourth-order valence-corrected chi connectivity index (χ4v) is 2.76. The van der Waals surface area contributed by atoms with Crippen molar-refractivity contribution in [1.29, 1.82) is 0 Å². The van der Waals surface area contributed by atoms with Crippen LogP contribution in [0.5, 0.6) is 0 Å². The van der Waals surface area contributed by atoms with Crippen LogP contribution in [0.25, 0.3) is 10.3 Å². The van der Waals surface area contributed by atoms with E-state index in [0.717, 1.165) is 25.2 Å². The zero-order chi connectivity index (χ0) is 14.4. The summed E-state index contributed by atoms with van der Waals surface area (Å²) >= 11 is 2.42. The Morgan fingerprint density at radius 1 is 1.26 bits per heavy atom. The average molecular weight is 309 g/mol. The normalized spacial score (nSPS) is 13.2. The number of nitrogens with zero attached hydrogens (tertiary/aromatic N) is 2. The number of thioether (sulfide) groups is 1. The summed E-state index contributed by atoms with van der Waals surface area (Å²) in [6, 6.07) is 0. The molecule has 0 amide bonds. The van der Waals surface area contributed by atoms with E-state index in [9.17, 15) is 18.0 Å². The molecule has 0 aliphatic heterocycles. The van der Waals surface area contributed by atoms with Crippen molar-refractivity contribution >= 4 is 33.4 Å². The zero-order valence-electron chi connectivity index (χ0n) is 10.3. The van der Waals surface area contributed by atoms with Crippen LogP contribution in [0.4, 0.5) is 13.2 Å². The summed E-state index contributed by atoms with van der Waals surface area (Å²) in [7, 11) is 0. The van der Waals surface area contributed by atoms with E-state index in [1.807, 2.05) is 0 Å². The lowest BCUT2D eigenvalue weighted by atomic mass is 9.91. The van der Waals surface area contributed by atoms with Crippen LogP contribution in [0.15, 0.2) is 9.13 Å². The fourth-order valence-electron chi connectivity index (χ4n) is 1.33. The van der Waals surface area contributed by atoms with E-state index < -0.39 is 23.0 Å². The molecular formula is C10H10F3N3OS2. The van der Waals surface area contributed by atoms with Gasteiger partial charge in [-0.3, -0.25) is 4.79 Å². The predicted molar refractivity (Wildman–Crippen MR) is 68.9 cm³/mol. The molecule has 2 rings (SSSR count). The summed E-state index contributed by atoms with van der Waals surface area (Å²) in [6.07, 6.45) is -2.73. The molecule has 0 radical (unpaired) electrons. The van der Waals surface area contributed by atoms with Gasteiger partial charge in [0, 0.05) is 0 Å². The molecule has 0 bridgehead atoms. The molecule has 0 unspecified atom stereocenters. The summed E-state index contributed by atoms with van der Waals surface area (Å²) in [5.41, 5.74) is -2.78. The van der Waals surface area contributed by atoms with Gasteiger partial charge in [0.2, 0.25) is 0 Å². The van der Waals surface area contributed by atoms with Crippen LogP contribution in [0.3, 0.4) is 0 Å². The van der Waals surface area contributed by atoms with Crippen LogP contribution in [-0.4, -0.2) is 27.4 Å². The van der Waals surface area contributed by atoms with E-state index in [4.69, 9.17) is 0 Å². The van der Waals surface area contributed by atoms with Gasteiger partial charge in [-0.25, -0.2) is 9.97 Å². The second-order valence-corrected chi connectivity index (χ2v) is 6.41. The van der Waals surface area contributed by atoms with Crippen molar-refractivity contribution in [2.45, 2.75) is 29.8 Å². The predicted octanol–water partition coefficient (Wildman–Crippen LogP) is 2.94. The average Bonchev–Trinajstić information content (AvgIpc) is 2.71. The van der Waals surface area contributed by atoms with Gasteiger partial charge in [0.15, 0.2) is 14.7 Å². The van der Waals surface area contributed by atoms with Crippen molar-refractivity contribution in [1.82, 2.24) is 15.0 Å². The first-order chi connectivity index (χ1) is 8.66. The maximum absolute atomic E-state index is 12.9. The van der Waals surface area contributed by atoms with Gasteiger partial charge in [0.05, 0.1) is 0 Å². The number of hydrogen-bond donors (Lipinski definition) is 1. The molecule has 9 heteroatoms. The summed E-state index contributed by atoms with van der Waals surface area (Å²) in [4.78, 5) is 22.1. The molecule has 0 saturated heterocycles. The Labute approximate surface area is 114 Å². The van der Waals surface area contributed by atoms with Crippen molar-refractivity contribution in [2.75, 3.05) is 6.26 Å². The molecule has 1 N–H and O–H groups in total. The molecule has 2 aromatic heterocycles. The van der Waals surface area contributed by atoms with E-state index in [-0.39, 0.29) is 10.3 Å². The van der Waals surface area contributed by atoms with Gasteiger partial charge in [0.25, 0.3) is 5.56 Å². The van der Waals surface area contributed by atoms with E-state index in [0.29, 0.717) is 4.34 Å². The molecule has 0 atom stereocenters. The van der Waals surface area contributed by atoms with Crippen molar-refractivity contribution in [2.24, 2.45) is 0 Å². The number of halogens is 3. The molecule has 0 saturated carbocycles. The number of aromatic amines is 1. The van der Waals surface area contributed by atoms with Crippen LogP contribution in [0.1, 0.15) is 19.7 Å². The van der Waals surface area contributed by atoms with Gasteiger partial charge < -0.3 is 4.98 Å². The highest BCUT2D eigenvalue weighted by Gasteiger charge is 2.50. The molecule has 0 fully saturated rings. The number of fused-ring (bicyclic) bond motifs is 1. The Bertz CT molecular complexity index is 675. The molecule has 2 aromatic rings. The summed E-state index contributed by atoms with van der Waals surface area (Å²) < 4.78 is 39.4. The maximum Gasteiger partial charge on any atom is 0.400 e. The monoisotopic (exact) mass is 309 g/mol. The van der Waals surface area contributed by atoms with Gasteiger partial charge in [-0.2, -0.15) is 13.2 Å². The smallest absolute Gasteiger partial charge is 0.308 e. The second kappa shape index (κ2) is 4.48. The van der Waals surface area contributed by atoms with E-state index >= 15 is 0 Å². The Kier molecular flexibility index (Phi) is 3.38. The Balaban J connectivity index is 2.67. The van der Waals surface area contributed by atoms with Crippen LogP contribution in [0, 0.1) is 0 Å². The summed E-state index contributed by atoms with van der Waals surface area (Å²) in [5, 5.41) is 0. The Morgan fingerprint density at radius 3 is 2.42 bits per heavy atom. The number of hydrogen-bond acceptors (Lipinski definition) is 5. The lowest BCUT2D eigenvalue weighted by Crippen LogP contribution is -2.39. The van der Waals surface area contributed by atoms with E-state index in [1.54, 1.807) is 6.26 Å². The largest absolute Gasteiger partial charge is 0.400 e. The van der Waals surface area contributed by atoms with Crippen molar-refractivity contribution in [3.63, 3.8) is 0 Å². The third-order valence-electron chi connectivity index (χ3n) is 2.73. The van der Waals surface area contributed by atoms with Gasteiger partial charge in [-0.05, 0) is 20.1 Å². The highest BCUT2D eigenvalue weighted by molar-refractivity contribution is 8.00. The molecule has 0 aliphatic rings. The topological polar surface area (TPSA) is 58.6 Å². The Hall–Kier alpha value is -1.09. The number of nitrogens with one attached hydrogen (secondary N) is 1. The van der Waals surface area contributed by atoms with Gasteiger partial charge in [0.1, 0.15) is 11.2 Å². The first-order valence-electron chi connectivity index (χ1n) is 5.19. The van der Waals surface area contributed by atoms with Gasteiger partial charge in [-0.1, -0.05) is 23.1 Å². The zero-order valence-corrected chi connectivity index (χ0v) is 11.9. The highest BCUT2D eigenvalue weighted by atomic mass is 32.2. The van der Waals surface area contributed by atoms with E-state index in [1.165, 1.54) is 11.8 Å². The first-order valence-corrected chi connectivity index (χ1v) is 7.23. The third-order valence-corrected chi connectivity index (χ3v) is 4.66. The minimum atomic E-state index is -4.50. The second-order valence-electron chi connectivity index (χ2n) is 4.37. The summed E-state index contributed by atoms with van der Waals surface area (Å²) in [5.74, 6) is -0.395. The molecule has 0 spiro atoms. The minimum absolute atomic E-state index is 0.0797. The molecule has 2 heterocycles. The van der Waals surface area contributed by atoms with Crippen LogP contribution < -0.4 is 5.56 Å². The van der Waals surface area contributed by atoms with Crippen LogP contribution >= 0.6 is 23.1 Å². The van der Waals surface area contributed by atoms with Crippen LogP contribution in [-0.2, 0) is 5.41 Å².